The second kappa shape index (κ2) is 6.61. The van der Waals surface area contributed by atoms with Gasteiger partial charge in [-0.25, -0.2) is 4.79 Å². The number of hydrogen-bond acceptors (Lipinski definition) is 3. The molecule has 4 nitrogen and oxygen atoms in total. The molecule has 0 heterocycles. The minimum Gasteiger partial charge on any atom is -0.490 e. The van der Waals surface area contributed by atoms with Crippen LogP contribution in [0.4, 0.5) is 0 Å². The summed E-state index contributed by atoms with van der Waals surface area (Å²) >= 11 is 3.29. The number of rotatable bonds is 6. The van der Waals surface area contributed by atoms with Crippen LogP contribution in [0.3, 0.4) is 0 Å². The maximum Gasteiger partial charge on any atom is 0.339 e. The van der Waals surface area contributed by atoms with Crippen LogP contribution in [0.1, 0.15) is 23.7 Å². The summed E-state index contributed by atoms with van der Waals surface area (Å²) in [5, 5.41) is 9.03. The summed E-state index contributed by atoms with van der Waals surface area (Å²) in [5.41, 5.74) is 0.164. The summed E-state index contributed by atoms with van der Waals surface area (Å²) in [6.45, 7) is 2.46. The largest absolute Gasteiger partial charge is 0.490 e. The van der Waals surface area contributed by atoms with Crippen molar-refractivity contribution in [1.29, 1.82) is 0 Å². The van der Waals surface area contributed by atoms with Crippen LogP contribution in [0.25, 0.3) is 0 Å². The summed E-state index contributed by atoms with van der Waals surface area (Å²) in [6.07, 6.45) is 0.615. The van der Waals surface area contributed by atoms with Gasteiger partial charge in [0.25, 0.3) is 0 Å². The minimum atomic E-state index is -0.994. The molecular formula is C12H15BrO4. The fraction of sp³-hybridized carbons (Fsp3) is 0.417. The molecule has 0 spiro atoms. The third-order valence-corrected chi connectivity index (χ3v) is 2.72. The van der Waals surface area contributed by atoms with Crippen molar-refractivity contribution in [3.05, 3.63) is 28.2 Å². The van der Waals surface area contributed by atoms with E-state index < -0.39 is 5.97 Å². The summed E-state index contributed by atoms with van der Waals surface area (Å²) < 4.78 is 11.3. The fourth-order valence-electron chi connectivity index (χ4n) is 1.33. The first kappa shape index (κ1) is 14.0. The smallest absolute Gasteiger partial charge is 0.339 e. The molecule has 0 aliphatic heterocycles. The lowest BCUT2D eigenvalue weighted by Gasteiger charge is -2.16. The molecule has 5 heteroatoms. The molecule has 1 unspecified atom stereocenters. The minimum absolute atomic E-state index is 0.0950. The second-order valence-electron chi connectivity index (χ2n) is 3.66. The van der Waals surface area contributed by atoms with Crippen molar-refractivity contribution in [3.8, 4) is 5.75 Å². The molecule has 0 bridgehead atoms. The zero-order valence-corrected chi connectivity index (χ0v) is 11.4. The SMILES string of the molecule is COCCC(C)Oc1cc(Br)ccc1C(=O)O. The highest BCUT2D eigenvalue weighted by atomic mass is 79.9. The Bertz CT molecular complexity index is 392. The van der Waals surface area contributed by atoms with E-state index in [1.807, 2.05) is 6.92 Å². The van der Waals surface area contributed by atoms with Crippen LogP contribution < -0.4 is 4.74 Å². The zero-order chi connectivity index (χ0) is 12.8. The number of carboxylic acids is 1. The van der Waals surface area contributed by atoms with Crippen LogP contribution in [0.15, 0.2) is 22.7 Å². The molecule has 0 aliphatic rings. The quantitative estimate of drug-likeness (QED) is 0.878. The average molecular weight is 303 g/mol. The van der Waals surface area contributed by atoms with Gasteiger partial charge in [0.15, 0.2) is 0 Å². The monoisotopic (exact) mass is 302 g/mol. The number of aromatic carboxylic acids is 1. The van der Waals surface area contributed by atoms with Gasteiger partial charge in [-0.1, -0.05) is 15.9 Å². The lowest BCUT2D eigenvalue weighted by Crippen LogP contribution is -2.16. The van der Waals surface area contributed by atoms with Crippen LogP contribution in [0.5, 0.6) is 5.75 Å². The number of ether oxygens (including phenoxy) is 2. The van der Waals surface area contributed by atoms with Crippen LogP contribution in [0, 0.1) is 0 Å². The van der Waals surface area contributed by atoms with Crippen molar-refractivity contribution >= 4 is 21.9 Å². The average Bonchev–Trinajstić information content (AvgIpc) is 2.26. The molecule has 0 saturated heterocycles. The van der Waals surface area contributed by atoms with Gasteiger partial charge >= 0.3 is 5.97 Å². The summed E-state index contributed by atoms with van der Waals surface area (Å²) in [6, 6.07) is 4.85. The Morgan fingerprint density at radius 3 is 2.82 bits per heavy atom. The Hall–Kier alpha value is -1.07. The third-order valence-electron chi connectivity index (χ3n) is 2.23. The molecule has 1 aromatic carbocycles. The van der Waals surface area contributed by atoms with Gasteiger partial charge in [-0.05, 0) is 25.1 Å². The molecule has 94 valence electrons. The van der Waals surface area contributed by atoms with Gasteiger partial charge in [0, 0.05) is 24.6 Å². The second-order valence-corrected chi connectivity index (χ2v) is 4.57. The fourth-order valence-corrected chi connectivity index (χ4v) is 1.67. The predicted octanol–water partition coefficient (Wildman–Crippen LogP) is 2.95. The van der Waals surface area contributed by atoms with Crippen molar-refractivity contribution < 1.29 is 19.4 Å². The van der Waals surface area contributed by atoms with Crippen LogP contribution >= 0.6 is 15.9 Å². The molecule has 0 aromatic heterocycles. The van der Waals surface area contributed by atoms with E-state index in [0.717, 1.165) is 4.47 Å². The molecule has 1 aromatic rings. The van der Waals surface area contributed by atoms with Crippen LogP contribution in [-0.2, 0) is 4.74 Å². The van der Waals surface area contributed by atoms with Gasteiger partial charge in [0.1, 0.15) is 11.3 Å². The number of carboxylic acid groups (broad SMARTS) is 1. The Kier molecular flexibility index (Phi) is 5.44. The Balaban J connectivity index is 2.81. The topological polar surface area (TPSA) is 55.8 Å². The van der Waals surface area contributed by atoms with Crippen LogP contribution in [-0.4, -0.2) is 30.9 Å². The predicted molar refractivity (Wildman–Crippen MR) is 67.7 cm³/mol. The first-order valence-corrected chi connectivity index (χ1v) is 6.02. The van der Waals surface area contributed by atoms with E-state index in [0.29, 0.717) is 18.8 Å². The van der Waals surface area contributed by atoms with Crippen molar-refractivity contribution in [3.63, 3.8) is 0 Å². The highest BCUT2D eigenvalue weighted by molar-refractivity contribution is 9.10. The van der Waals surface area contributed by atoms with Gasteiger partial charge in [-0.15, -0.1) is 0 Å². The molecular weight excluding hydrogens is 288 g/mol. The Labute approximate surface area is 109 Å². The maximum atomic E-state index is 11.0. The summed E-state index contributed by atoms with van der Waals surface area (Å²) in [4.78, 5) is 11.0. The first-order chi connectivity index (χ1) is 8.04. The molecule has 0 aliphatic carbocycles. The van der Waals surface area contributed by atoms with E-state index in [9.17, 15) is 4.79 Å². The van der Waals surface area contributed by atoms with Gasteiger partial charge < -0.3 is 14.6 Å². The lowest BCUT2D eigenvalue weighted by atomic mass is 10.2. The maximum absolute atomic E-state index is 11.0. The lowest BCUT2D eigenvalue weighted by molar-refractivity contribution is 0.0687. The molecule has 0 saturated carbocycles. The number of halogens is 1. The number of carbonyl (C=O) groups is 1. The third kappa shape index (κ3) is 4.36. The van der Waals surface area contributed by atoms with E-state index in [1.165, 1.54) is 6.07 Å². The van der Waals surface area contributed by atoms with E-state index in [4.69, 9.17) is 14.6 Å². The first-order valence-electron chi connectivity index (χ1n) is 5.23. The highest BCUT2D eigenvalue weighted by Crippen LogP contribution is 2.25. The molecule has 0 amide bonds. The van der Waals surface area contributed by atoms with E-state index >= 15 is 0 Å². The van der Waals surface area contributed by atoms with Gasteiger partial charge in [0.05, 0.1) is 6.10 Å². The van der Waals surface area contributed by atoms with Crippen molar-refractivity contribution in [2.24, 2.45) is 0 Å². The number of hydrogen-bond donors (Lipinski definition) is 1. The van der Waals surface area contributed by atoms with Gasteiger partial charge in [-0.2, -0.15) is 0 Å². The number of benzene rings is 1. The molecule has 1 rings (SSSR count). The van der Waals surface area contributed by atoms with Crippen molar-refractivity contribution in [2.45, 2.75) is 19.4 Å². The number of methoxy groups -OCH3 is 1. The molecule has 0 radical (unpaired) electrons. The van der Waals surface area contributed by atoms with E-state index in [2.05, 4.69) is 15.9 Å². The van der Waals surface area contributed by atoms with E-state index in [1.54, 1.807) is 19.2 Å². The standard InChI is InChI=1S/C12H15BrO4/c1-8(5-6-16-2)17-11-7-9(13)3-4-10(11)12(14)15/h3-4,7-8H,5-6H2,1-2H3,(H,14,15). The van der Waals surface area contributed by atoms with Gasteiger partial charge in [0.2, 0.25) is 0 Å². The van der Waals surface area contributed by atoms with Gasteiger partial charge in [-0.3, -0.25) is 0 Å². The zero-order valence-electron chi connectivity index (χ0n) is 9.77. The Morgan fingerprint density at radius 1 is 1.53 bits per heavy atom. The highest BCUT2D eigenvalue weighted by Gasteiger charge is 2.14. The van der Waals surface area contributed by atoms with Crippen LogP contribution in [0.2, 0.25) is 0 Å². The van der Waals surface area contributed by atoms with Crippen molar-refractivity contribution in [1.82, 2.24) is 0 Å². The normalized spacial score (nSPS) is 12.2. The molecule has 1 N–H and O–H groups in total. The Morgan fingerprint density at radius 2 is 2.24 bits per heavy atom. The van der Waals surface area contributed by atoms with Crippen molar-refractivity contribution in [2.75, 3.05) is 13.7 Å². The summed E-state index contributed by atoms with van der Waals surface area (Å²) in [5.74, 6) is -0.623. The van der Waals surface area contributed by atoms with E-state index in [-0.39, 0.29) is 11.7 Å². The summed E-state index contributed by atoms with van der Waals surface area (Å²) in [7, 11) is 1.62. The molecule has 0 fully saturated rings. The molecule has 17 heavy (non-hydrogen) atoms. The molecule has 1 atom stereocenters.